The molecular weight excluding hydrogens is 396 g/mol. The van der Waals surface area contributed by atoms with Gasteiger partial charge in [0.05, 0.1) is 28.4 Å². The van der Waals surface area contributed by atoms with Gasteiger partial charge in [0.1, 0.15) is 0 Å². The van der Waals surface area contributed by atoms with Crippen LogP contribution in [0.2, 0.25) is 5.02 Å². The van der Waals surface area contributed by atoms with Crippen LogP contribution in [0.5, 0.6) is 0 Å². The van der Waals surface area contributed by atoms with Gasteiger partial charge in [-0.1, -0.05) is 17.7 Å². The van der Waals surface area contributed by atoms with Crippen molar-refractivity contribution in [3.05, 3.63) is 89.7 Å². The van der Waals surface area contributed by atoms with Gasteiger partial charge in [-0.25, -0.2) is 9.67 Å². The minimum atomic E-state index is 0.548. The zero-order chi connectivity index (χ0) is 20.5. The van der Waals surface area contributed by atoms with E-state index in [1.165, 1.54) is 0 Å². The van der Waals surface area contributed by atoms with Crippen molar-refractivity contribution in [3.63, 3.8) is 0 Å². The zero-order valence-corrected chi connectivity index (χ0v) is 16.3. The van der Waals surface area contributed by atoms with Crippen LogP contribution in [0.1, 0.15) is 5.56 Å². The Morgan fingerprint density at radius 1 is 0.833 bits per heavy atom. The van der Waals surface area contributed by atoms with Gasteiger partial charge in [0.2, 0.25) is 0 Å². The lowest BCUT2D eigenvalue weighted by molar-refractivity contribution is 0.890. The second-order valence-corrected chi connectivity index (χ2v) is 7.04. The summed E-state index contributed by atoms with van der Waals surface area (Å²) in [6.45, 7) is 0. The largest absolute Gasteiger partial charge is 0.253 e. The molecule has 6 nitrogen and oxygen atoms in total. The molecule has 5 rings (SSSR count). The van der Waals surface area contributed by atoms with E-state index in [9.17, 15) is 5.26 Å². The smallest absolute Gasteiger partial charge is 0.182 e. The predicted octanol–water partition coefficient (Wildman–Crippen LogP) is 5.07. The molecule has 0 saturated carbocycles. The highest BCUT2D eigenvalue weighted by molar-refractivity contribution is 6.30. The molecule has 5 aromatic rings. The summed E-state index contributed by atoms with van der Waals surface area (Å²) in [5, 5.41) is 14.7. The predicted molar refractivity (Wildman–Crippen MR) is 115 cm³/mol. The van der Waals surface area contributed by atoms with Gasteiger partial charge in [0.25, 0.3) is 0 Å². The Morgan fingerprint density at radius 2 is 1.60 bits per heavy atom. The molecule has 0 spiro atoms. The molecule has 0 amide bonds. The first-order valence-electron chi connectivity index (χ1n) is 9.16. The van der Waals surface area contributed by atoms with Crippen LogP contribution in [0.3, 0.4) is 0 Å². The van der Waals surface area contributed by atoms with E-state index in [0.29, 0.717) is 22.2 Å². The van der Waals surface area contributed by atoms with E-state index < -0.39 is 0 Å². The Labute approximate surface area is 177 Å². The van der Waals surface area contributed by atoms with E-state index in [1.54, 1.807) is 41.3 Å². The second-order valence-electron chi connectivity index (χ2n) is 6.60. The third kappa shape index (κ3) is 3.28. The van der Waals surface area contributed by atoms with Crippen molar-refractivity contribution in [1.82, 2.24) is 24.7 Å². The molecule has 142 valence electrons. The van der Waals surface area contributed by atoms with E-state index in [1.807, 2.05) is 42.5 Å². The number of aromatic nitrogens is 5. The maximum Gasteiger partial charge on any atom is 0.182 e. The molecule has 0 N–H and O–H groups in total. The fourth-order valence-corrected chi connectivity index (χ4v) is 3.34. The Balaban J connectivity index is 1.72. The molecule has 0 bridgehead atoms. The number of fused-ring (bicyclic) bond motifs is 1. The van der Waals surface area contributed by atoms with Crippen molar-refractivity contribution in [1.29, 1.82) is 5.26 Å². The summed E-state index contributed by atoms with van der Waals surface area (Å²) < 4.78 is 1.74. The maximum atomic E-state index is 9.30. The van der Waals surface area contributed by atoms with Gasteiger partial charge >= 0.3 is 0 Å². The van der Waals surface area contributed by atoms with Gasteiger partial charge in [0, 0.05) is 28.5 Å². The fourth-order valence-electron chi connectivity index (χ4n) is 3.21. The SMILES string of the molecule is N#Cc1cccc(-n2nc(-c3ccc(Cl)cc3)nc2-c2ccc3nccnc3c2)c1. The van der Waals surface area contributed by atoms with Crippen LogP contribution in [0, 0.1) is 11.3 Å². The van der Waals surface area contributed by atoms with Crippen molar-refractivity contribution in [2.24, 2.45) is 0 Å². The van der Waals surface area contributed by atoms with Crippen LogP contribution in [-0.4, -0.2) is 24.7 Å². The molecule has 30 heavy (non-hydrogen) atoms. The summed E-state index contributed by atoms with van der Waals surface area (Å²) in [5.74, 6) is 1.20. The van der Waals surface area contributed by atoms with Gasteiger partial charge in [-0.15, -0.1) is 5.10 Å². The lowest BCUT2D eigenvalue weighted by Crippen LogP contribution is -2.00. The number of halogens is 1. The second kappa shape index (κ2) is 7.39. The summed E-state index contributed by atoms with van der Waals surface area (Å²) in [6.07, 6.45) is 3.32. The quantitative estimate of drug-likeness (QED) is 0.416. The third-order valence-corrected chi connectivity index (χ3v) is 4.91. The van der Waals surface area contributed by atoms with E-state index in [2.05, 4.69) is 16.0 Å². The Kier molecular flexibility index (Phi) is 4.43. The molecule has 0 atom stereocenters. The minimum Gasteiger partial charge on any atom is -0.253 e. The van der Waals surface area contributed by atoms with Crippen LogP contribution >= 0.6 is 11.6 Å². The van der Waals surface area contributed by atoms with Crippen LogP contribution in [0.25, 0.3) is 39.5 Å². The average molecular weight is 409 g/mol. The van der Waals surface area contributed by atoms with E-state index in [-0.39, 0.29) is 0 Å². The van der Waals surface area contributed by atoms with Gasteiger partial charge in [-0.05, 0) is 60.7 Å². The molecule has 0 aliphatic rings. The molecule has 0 radical (unpaired) electrons. The minimum absolute atomic E-state index is 0.548. The molecule has 2 aromatic heterocycles. The molecular formula is C23H13ClN6. The van der Waals surface area contributed by atoms with Crippen LogP contribution in [0.4, 0.5) is 0 Å². The topological polar surface area (TPSA) is 80.3 Å². The highest BCUT2D eigenvalue weighted by Gasteiger charge is 2.16. The van der Waals surface area contributed by atoms with Gasteiger partial charge in [-0.3, -0.25) is 9.97 Å². The van der Waals surface area contributed by atoms with Crippen molar-refractivity contribution in [2.45, 2.75) is 0 Å². The standard InChI is InChI=1S/C23H13ClN6/c24-18-7-4-16(5-8-18)22-28-23(17-6-9-20-21(13-17)27-11-10-26-20)30(29-22)19-3-1-2-15(12-19)14-25/h1-13H. The van der Waals surface area contributed by atoms with Crippen LogP contribution in [-0.2, 0) is 0 Å². The normalized spacial score (nSPS) is 10.8. The zero-order valence-electron chi connectivity index (χ0n) is 15.6. The molecule has 0 unspecified atom stereocenters. The number of rotatable bonds is 3. The molecule has 0 aliphatic heterocycles. The number of hydrogen-bond acceptors (Lipinski definition) is 5. The summed E-state index contributed by atoms with van der Waals surface area (Å²) >= 11 is 6.03. The van der Waals surface area contributed by atoms with Crippen molar-refractivity contribution < 1.29 is 0 Å². The lowest BCUT2D eigenvalue weighted by atomic mass is 10.1. The van der Waals surface area contributed by atoms with Crippen molar-refractivity contribution in [2.75, 3.05) is 0 Å². The molecule has 3 aromatic carbocycles. The number of nitrogens with zero attached hydrogens (tertiary/aromatic N) is 6. The Bertz CT molecular complexity index is 1420. The summed E-state index contributed by atoms with van der Waals surface area (Å²) in [6, 6.07) is 22.6. The average Bonchev–Trinajstić information content (AvgIpc) is 3.25. The van der Waals surface area contributed by atoms with Gasteiger partial charge in [0.15, 0.2) is 11.6 Å². The molecule has 0 fully saturated rings. The Hall–Kier alpha value is -4.08. The van der Waals surface area contributed by atoms with E-state index in [0.717, 1.165) is 27.8 Å². The molecule has 2 heterocycles. The maximum absolute atomic E-state index is 9.30. The van der Waals surface area contributed by atoms with Crippen molar-refractivity contribution >= 4 is 22.6 Å². The van der Waals surface area contributed by atoms with Crippen LogP contribution < -0.4 is 0 Å². The molecule has 0 aliphatic carbocycles. The number of hydrogen-bond donors (Lipinski definition) is 0. The fraction of sp³-hybridized carbons (Fsp3) is 0. The summed E-state index contributed by atoms with van der Waals surface area (Å²) in [7, 11) is 0. The first kappa shape index (κ1) is 18.0. The van der Waals surface area contributed by atoms with E-state index in [4.69, 9.17) is 21.7 Å². The van der Waals surface area contributed by atoms with Gasteiger partial charge in [-0.2, -0.15) is 5.26 Å². The summed E-state index contributed by atoms with van der Waals surface area (Å²) in [4.78, 5) is 13.5. The van der Waals surface area contributed by atoms with Crippen LogP contribution in [0.15, 0.2) is 79.1 Å². The highest BCUT2D eigenvalue weighted by Crippen LogP contribution is 2.28. The monoisotopic (exact) mass is 408 g/mol. The van der Waals surface area contributed by atoms with E-state index >= 15 is 0 Å². The molecule has 7 heteroatoms. The summed E-state index contributed by atoms with van der Waals surface area (Å²) in [5.41, 5.74) is 4.55. The van der Waals surface area contributed by atoms with Crippen molar-refractivity contribution in [3.8, 4) is 34.5 Å². The first-order chi connectivity index (χ1) is 14.7. The number of benzene rings is 3. The van der Waals surface area contributed by atoms with Gasteiger partial charge < -0.3 is 0 Å². The Morgan fingerprint density at radius 3 is 2.40 bits per heavy atom. The first-order valence-corrected chi connectivity index (χ1v) is 9.54. The highest BCUT2D eigenvalue weighted by atomic mass is 35.5. The number of nitriles is 1. The lowest BCUT2D eigenvalue weighted by Gasteiger charge is -2.07. The third-order valence-electron chi connectivity index (χ3n) is 4.66. The molecule has 0 saturated heterocycles.